The smallest absolute Gasteiger partial charge is 0.388 e. The van der Waals surface area contributed by atoms with Crippen molar-refractivity contribution >= 4 is 11.6 Å². The summed E-state index contributed by atoms with van der Waals surface area (Å²) in [4.78, 5) is 12.0. The monoisotopic (exact) mass is 304 g/mol. The zero-order valence-electron chi connectivity index (χ0n) is 12.2. The van der Waals surface area contributed by atoms with Gasteiger partial charge in [0.05, 0.1) is 5.56 Å². The maximum absolute atomic E-state index is 12.9. The van der Waals surface area contributed by atoms with E-state index in [0.29, 0.717) is 13.0 Å². The zero-order chi connectivity index (χ0) is 16.0. The minimum Gasteiger partial charge on any atom is -0.388 e. The molecule has 1 aromatic carbocycles. The lowest BCUT2D eigenvalue weighted by atomic mass is 10.1. The Morgan fingerprint density at radius 2 is 2.05 bits per heavy atom. The quantitative estimate of drug-likeness (QED) is 0.849. The van der Waals surface area contributed by atoms with Crippen LogP contribution < -0.4 is 10.6 Å². The van der Waals surface area contributed by atoms with Gasteiger partial charge in [-0.3, -0.25) is 4.79 Å². The fourth-order valence-electron chi connectivity index (χ4n) is 1.81. The maximum Gasteiger partial charge on any atom is 0.418 e. The topological polar surface area (TPSA) is 50.4 Å². The molecule has 0 aliphatic heterocycles. The van der Waals surface area contributed by atoms with Crippen LogP contribution in [0.1, 0.15) is 29.3 Å². The molecule has 1 aromatic rings. The molecule has 2 N–H and O–H groups in total. The van der Waals surface area contributed by atoms with Crippen LogP contribution in [0.5, 0.6) is 0 Å². The van der Waals surface area contributed by atoms with E-state index in [4.69, 9.17) is 4.74 Å². The van der Waals surface area contributed by atoms with Gasteiger partial charge in [0.2, 0.25) is 0 Å². The SMILES string of the molecule is CNc1ccc(C(=O)NC(C)CCOC)cc1C(F)(F)F. The number of amides is 1. The van der Waals surface area contributed by atoms with E-state index in [0.717, 1.165) is 6.07 Å². The van der Waals surface area contributed by atoms with Crippen molar-refractivity contribution in [3.63, 3.8) is 0 Å². The summed E-state index contributed by atoms with van der Waals surface area (Å²) in [6.07, 6.45) is -3.93. The van der Waals surface area contributed by atoms with E-state index in [1.54, 1.807) is 14.0 Å². The Labute approximate surface area is 121 Å². The largest absolute Gasteiger partial charge is 0.418 e. The van der Waals surface area contributed by atoms with Crippen LogP contribution in [0.4, 0.5) is 18.9 Å². The summed E-state index contributed by atoms with van der Waals surface area (Å²) in [7, 11) is 2.94. The van der Waals surface area contributed by atoms with E-state index >= 15 is 0 Å². The number of rotatable bonds is 6. The minimum atomic E-state index is -4.52. The molecule has 21 heavy (non-hydrogen) atoms. The highest BCUT2D eigenvalue weighted by Gasteiger charge is 2.34. The highest BCUT2D eigenvalue weighted by molar-refractivity contribution is 5.95. The third kappa shape index (κ3) is 4.93. The van der Waals surface area contributed by atoms with Crippen LogP contribution in [-0.2, 0) is 10.9 Å². The Morgan fingerprint density at radius 3 is 2.57 bits per heavy atom. The number of hydrogen-bond donors (Lipinski definition) is 2. The summed E-state index contributed by atoms with van der Waals surface area (Å²) in [5.41, 5.74) is -0.945. The van der Waals surface area contributed by atoms with Crippen LogP contribution in [0.15, 0.2) is 18.2 Å². The molecular weight excluding hydrogens is 285 g/mol. The van der Waals surface area contributed by atoms with Gasteiger partial charge in [0.25, 0.3) is 5.91 Å². The number of anilines is 1. The van der Waals surface area contributed by atoms with E-state index in [1.807, 2.05) is 0 Å². The van der Waals surface area contributed by atoms with Gasteiger partial charge in [-0.15, -0.1) is 0 Å². The first-order valence-electron chi connectivity index (χ1n) is 6.48. The average molecular weight is 304 g/mol. The van der Waals surface area contributed by atoms with Crippen molar-refractivity contribution in [2.45, 2.75) is 25.6 Å². The Hall–Kier alpha value is -1.76. The van der Waals surface area contributed by atoms with Crippen LogP contribution in [0.2, 0.25) is 0 Å². The number of carbonyl (C=O) groups excluding carboxylic acids is 1. The first-order chi connectivity index (χ1) is 9.79. The third-order valence-corrected chi connectivity index (χ3v) is 2.99. The first-order valence-corrected chi connectivity index (χ1v) is 6.48. The van der Waals surface area contributed by atoms with Gasteiger partial charge >= 0.3 is 6.18 Å². The minimum absolute atomic E-state index is 0.0226. The molecule has 0 fully saturated rings. The van der Waals surface area contributed by atoms with Gasteiger partial charge in [-0.2, -0.15) is 13.2 Å². The second kappa shape index (κ2) is 7.31. The van der Waals surface area contributed by atoms with Gasteiger partial charge in [-0.05, 0) is 31.5 Å². The standard InChI is InChI=1S/C14H19F3N2O2/c1-9(6-7-21-3)19-13(20)10-4-5-12(18-2)11(8-10)14(15,16)17/h4-5,8-9,18H,6-7H2,1-3H3,(H,19,20). The molecule has 1 rings (SSSR count). The molecule has 1 atom stereocenters. The van der Waals surface area contributed by atoms with Gasteiger partial charge in [-0.25, -0.2) is 0 Å². The summed E-state index contributed by atoms with van der Waals surface area (Å²) >= 11 is 0. The van der Waals surface area contributed by atoms with E-state index in [9.17, 15) is 18.0 Å². The number of methoxy groups -OCH3 is 1. The molecule has 1 unspecified atom stereocenters. The van der Waals surface area contributed by atoms with E-state index in [2.05, 4.69) is 10.6 Å². The fourth-order valence-corrected chi connectivity index (χ4v) is 1.81. The molecule has 0 saturated carbocycles. The van der Waals surface area contributed by atoms with Crippen molar-refractivity contribution in [3.05, 3.63) is 29.3 Å². The number of halogens is 3. The normalized spacial score (nSPS) is 12.9. The summed E-state index contributed by atoms with van der Waals surface area (Å²) < 4.78 is 43.6. The number of ether oxygens (including phenoxy) is 1. The van der Waals surface area contributed by atoms with Crippen LogP contribution >= 0.6 is 0 Å². The molecule has 0 radical (unpaired) electrons. The first kappa shape index (κ1) is 17.3. The summed E-state index contributed by atoms with van der Waals surface area (Å²) in [5.74, 6) is -0.535. The fraction of sp³-hybridized carbons (Fsp3) is 0.500. The van der Waals surface area contributed by atoms with Gasteiger partial charge in [0.15, 0.2) is 0 Å². The lowest BCUT2D eigenvalue weighted by Crippen LogP contribution is -2.33. The van der Waals surface area contributed by atoms with Crippen molar-refractivity contribution in [2.24, 2.45) is 0 Å². The van der Waals surface area contributed by atoms with Gasteiger partial charge in [0.1, 0.15) is 0 Å². The van der Waals surface area contributed by atoms with Gasteiger partial charge < -0.3 is 15.4 Å². The molecule has 0 saturated heterocycles. The predicted molar refractivity (Wildman–Crippen MR) is 74.4 cm³/mol. The number of hydrogen-bond acceptors (Lipinski definition) is 3. The number of alkyl halides is 3. The third-order valence-electron chi connectivity index (χ3n) is 2.99. The summed E-state index contributed by atoms with van der Waals surface area (Å²) in [5, 5.41) is 5.11. The molecule has 0 aliphatic carbocycles. The molecule has 0 bridgehead atoms. The molecule has 118 valence electrons. The molecule has 0 aromatic heterocycles. The number of nitrogens with one attached hydrogen (secondary N) is 2. The maximum atomic E-state index is 12.9. The average Bonchev–Trinajstić information content (AvgIpc) is 2.43. The van der Waals surface area contributed by atoms with Gasteiger partial charge in [-0.1, -0.05) is 0 Å². The lowest BCUT2D eigenvalue weighted by Gasteiger charge is -2.16. The second-order valence-electron chi connectivity index (χ2n) is 4.66. The Morgan fingerprint density at radius 1 is 1.38 bits per heavy atom. The molecule has 4 nitrogen and oxygen atoms in total. The van der Waals surface area contributed by atoms with Crippen molar-refractivity contribution in [2.75, 3.05) is 26.1 Å². The highest BCUT2D eigenvalue weighted by atomic mass is 19.4. The van der Waals surface area contributed by atoms with Gasteiger partial charge in [0, 0.05) is 38.1 Å². The molecule has 0 aliphatic rings. The second-order valence-corrected chi connectivity index (χ2v) is 4.66. The Balaban J connectivity index is 2.91. The van der Waals surface area contributed by atoms with Crippen LogP contribution in [0, 0.1) is 0 Å². The lowest BCUT2D eigenvalue weighted by molar-refractivity contribution is -0.136. The van der Waals surface area contributed by atoms with Crippen molar-refractivity contribution in [3.8, 4) is 0 Å². The Kier molecular flexibility index (Phi) is 6.02. The van der Waals surface area contributed by atoms with E-state index in [1.165, 1.54) is 19.2 Å². The van der Waals surface area contributed by atoms with Crippen molar-refractivity contribution in [1.29, 1.82) is 0 Å². The molecule has 7 heteroatoms. The summed E-state index contributed by atoms with van der Waals surface area (Å²) in [6.45, 7) is 2.23. The zero-order valence-corrected chi connectivity index (χ0v) is 12.2. The molecule has 0 heterocycles. The number of benzene rings is 1. The molecular formula is C14H19F3N2O2. The van der Waals surface area contributed by atoms with Crippen LogP contribution in [0.25, 0.3) is 0 Å². The highest BCUT2D eigenvalue weighted by Crippen LogP contribution is 2.35. The van der Waals surface area contributed by atoms with Crippen LogP contribution in [0.3, 0.4) is 0 Å². The van der Waals surface area contributed by atoms with Crippen molar-refractivity contribution < 1.29 is 22.7 Å². The number of carbonyl (C=O) groups is 1. The Bertz CT molecular complexity index is 490. The van der Waals surface area contributed by atoms with E-state index in [-0.39, 0.29) is 17.3 Å². The van der Waals surface area contributed by atoms with Crippen LogP contribution in [-0.4, -0.2) is 32.7 Å². The summed E-state index contributed by atoms with van der Waals surface area (Å²) in [6, 6.07) is 3.28. The van der Waals surface area contributed by atoms with Crippen molar-refractivity contribution in [1.82, 2.24) is 5.32 Å². The molecule has 0 spiro atoms. The van der Waals surface area contributed by atoms with E-state index < -0.39 is 17.6 Å². The molecule has 1 amide bonds. The predicted octanol–water partition coefficient (Wildman–Crippen LogP) is 2.90.